The van der Waals surface area contributed by atoms with Gasteiger partial charge in [-0.1, -0.05) is 37.3 Å². The number of hydrogen-bond donors (Lipinski definition) is 0. The molecule has 0 atom stereocenters. The lowest BCUT2D eigenvalue weighted by Gasteiger charge is -2.21. The van der Waals surface area contributed by atoms with E-state index in [1.807, 2.05) is 36.1 Å². The first kappa shape index (κ1) is 15.3. The summed E-state index contributed by atoms with van der Waals surface area (Å²) in [5.74, 6) is 0.120. The minimum Gasteiger partial charge on any atom is -0.334 e. The highest BCUT2D eigenvalue weighted by Gasteiger charge is 2.18. The van der Waals surface area contributed by atoms with E-state index in [-0.39, 0.29) is 5.91 Å². The second-order valence-corrected chi connectivity index (χ2v) is 7.15. The number of hydrogen-bond acceptors (Lipinski definition) is 2. The van der Waals surface area contributed by atoms with Crippen molar-refractivity contribution in [2.75, 3.05) is 6.54 Å². The second-order valence-electron chi connectivity index (χ2n) is 4.78. The smallest absolute Gasteiger partial charge is 0.264 e. The van der Waals surface area contributed by atoms with Gasteiger partial charge in [0.05, 0.1) is 8.66 Å². The molecule has 2 nitrogen and oxygen atoms in total. The summed E-state index contributed by atoms with van der Waals surface area (Å²) in [4.78, 5) is 15.3. The van der Waals surface area contributed by atoms with Gasteiger partial charge in [-0.15, -0.1) is 11.3 Å². The van der Waals surface area contributed by atoms with Crippen molar-refractivity contribution in [3.05, 3.63) is 56.2 Å². The number of carbonyl (C=O) groups is 1. The number of thiophene rings is 1. The summed E-state index contributed by atoms with van der Waals surface area (Å²) < 4.78 is 1.04. The largest absolute Gasteiger partial charge is 0.334 e. The van der Waals surface area contributed by atoms with E-state index in [0.29, 0.717) is 6.54 Å². The summed E-state index contributed by atoms with van der Waals surface area (Å²) in [6.07, 6.45) is 0.962. The van der Waals surface area contributed by atoms with Crippen LogP contribution >= 0.6 is 27.3 Å². The monoisotopic (exact) mass is 351 g/mol. The molecule has 1 aromatic heterocycles. The molecule has 2 aromatic rings. The van der Waals surface area contributed by atoms with Gasteiger partial charge in [0.1, 0.15) is 0 Å². The highest BCUT2D eigenvalue weighted by molar-refractivity contribution is 9.11. The Labute approximate surface area is 132 Å². The van der Waals surface area contributed by atoms with Gasteiger partial charge in [-0.25, -0.2) is 0 Å². The second kappa shape index (κ2) is 7.04. The number of benzene rings is 1. The quantitative estimate of drug-likeness (QED) is 0.752. The minimum absolute atomic E-state index is 0.120. The molecule has 0 spiro atoms. The van der Waals surface area contributed by atoms with E-state index in [1.165, 1.54) is 16.9 Å². The van der Waals surface area contributed by atoms with Crippen molar-refractivity contribution in [3.63, 3.8) is 0 Å². The van der Waals surface area contributed by atoms with Crippen molar-refractivity contribution in [1.29, 1.82) is 0 Å². The Kier molecular flexibility index (Phi) is 5.38. The first-order valence-corrected chi connectivity index (χ1v) is 8.32. The molecule has 0 unspecified atom stereocenters. The van der Waals surface area contributed by atoms with Crippen LogP contribution in [0.3, 0.4) is 0 Å². The molecule has 4 heteroatoms. The van der Waals surface area contributed by atoms with Gasteiger partial charge in [0.25, 0.3) is 5.91 Å². The Hall–Kier alpha value is -1.13. The molecule has 2 rings (SSSR count). The van der Waals surface area contributed by atoms with Crippen LogP contribution in [0.5, 0.6) is 0 Å². The van der Waals surface area contributed by atoms with Gasteiger partial charge in [-0.05, 0) is 46.5 Å². The summed E-state index contributed by atoms with van der Waals surface area (Å²) in [5, 5.41) is 0. The number of amides is 1. The van der Waals surface area contributed by atoms with E-state index < -0.39 is 0 Å². The fourth-order valence-corrected chi connectivity index (χ4v) is 3.55. The fraction of sp³-hybridized carbons (Fsp3) is 0.312. The van der Waals surface area contributed by atoms with Crippen LogP contribution in [0.1, 0.15) is 34.1 Å². The number of halogens is 1. The Balaban J connectivity index is 2.17. The van der Waals surface area contributed by atoms with Gasteiger partial charge >= 0.3 is 0 Å². The predicted octanol–water partition coefficient (Wildman–Crippen LogP) is 4.87. The van der Waals surface area contributed by atoms with Crippen molar-refractivity contribution in [1.82, 2.24) is 4.90 Å². The molecule has 0 saturated heterocycles. The van der Waals surface area contributed by atoms with Crippen molar-refractivity contribution in [2.45, 2.75) is 26.8 Å². The lowest BCUT2D eigenvalue weighted by molar-refractivity contribution is 0.0748. The van der Waals surface area contributed by atoms with Gasteiger partial charge in [-0.2, -0.15) is 0 Å². The maximum absolute atomic E-state index is 12.6. The SMILES string of the molecule is CCCN(Cc1ccccc1)C(=O)c1cc(C)c(Br)s1. The van der Waals surface area contributed by atoms with Crippen LogP contribution in [-0.4, -0.2) is 17.4 Å². The Morgan fingerprint density at radius 3 is 2.55 bits per heavy atom. The molecule has 1 amide bonds. The Morgan fingerprint density at radius 2 is 2.00 bits per heavy atom. The van der Waals surface area contributed by atoms with Gasteiger partial charge in [-0.3, -0.25) is 4.79 Å². The zero-order valence-electron chi connectivity index (χ0n) is 11.7. The van der Waals surface area contributed by atoms with E-state index in [9.17, 15) is 4.79 Å². The molecule has 0 aliphatic rings. The van der Waals surface area contributed by atoms with Crippen molar-refractivity contribution >= 4 is 33.2 Å². The summed E-state index contributed by atoms with van der Waals surface area (Å²) in [6, 6.07) is 12.1. The molecule has 1 heterocycles. The maximum Gasteiger partial charge on any atom is 0.264 e. The fourth-order valence-electron chi connectivity index (χ4n) is 2.05. The van der Waals surface area contributed by atoms with E-state index in [2.05, 4.69) is 35.0 Å². The third kappa shape index (κ3) is 3.70. The van der Waals surface area contributed by atoms with Gasteiger partial charge in [0.2, 0.25) is 0 Å². The lowest BCUT2D eigenvalue weighted by Crippen LogP contribution is -2.30. The van der Waals surface area contributed by atoms with Crippen LogP contribution < -0.4 is 0 Å². The van der Waals surface area contributed by atoms with Crippen molar-refractivity contribution in [2.24, 2.45) is 0 Å². The van der Waals surface area contributed by atoms with Crippen LogP contribution in [0.25, 0.3) is 0 Å². The summed E-state index contributed by atoms with van der Waals surface area (Å²) in [6.45, 7) is 5.56. The van der Waals surface area contributed by atoms with E-state index in [1.54, 1.807) is 0 Å². The zero-order chi connectivity index (χ0) is 14.5. The number of rotatable bonds is 5. The highest BCUT2D eigenvalue weighted by Crippen LogP contribution is 2.28. The molecule has 0 bridgehead atoms. The van der Waals surface area contributed by atoms with Crippen LogP contribution in [0.2, 0.25) is 0 Å². The van der Waals surface area contributed by atoms with Gasteiger partial charge in [0, 0.05) is 13.1 Å². The predicted molar refractivity (Wildman–Crippen MR) is 88.2 cm³/mol. The van der Waals surface area contributed by atoms with Gasteiger partial charge < -0.3 is 4.90 Å². The highest BCUT2D eigenvalue weighted by atomic mass is 79.9. The van der Waals surface area contributed by atoms with Crippen LogP contribution in [0, 0.1) is 6.92 Å². The minimum atomic E-state index is 0.120. The molecule has 0 aliphatic heterocycles. The molecule has 0 fully saturated rings. The van der Waals surface area contributed by atoms with E-state index in [0.717, 1.165) is 27.2 Å². The van der Waals surface area contributed by atoms with Crippen LogP contribution in [0.15, 0.2) is 40.2 Å². The standard InChI is InChI=1S/C16H18BrNOS/c1-3-9-18(11-13-7-5-4-6-8-13)16(19)14-10-12(2)15(17)20-14/h4-8,10H,3,9,11H2,1-2H3. The molecule has 106 valence electrons. The maximum atomic E-state index is 12.6. The molecule has 0 radical (unpaired) electrons. The molecular weight excluding hydrogens is 334 g/mol. The van der Waals surface area contributed by atoms with Crippen molar-refractivity contribution < 1.29 is 4.79 Å². The molecule has 20 heavy (non-hydrogen) atoms. The Bertz CT molecular complexity index is 560. The number of nitrogens with zero attached hydrogens (tertiary/aromatic N) is 1. The van der Waals surface area contributed by atoms with Crippen molar-refractivity contribution in [3.8, 4) is 0 Å². The zero-order valence-corrected chi connectivity index (χ0v) is 14.1. The lowest BCUT2D eigenvalue weighted by atomic mass is 10.2. The van der Waals surface area contributed by atoms with E-state index >= 15 is 0 Å². The normalized spacial score (nSPS) is 10.6. The molecule has 0 N–H and O–H groups in total. The van der Waals surface area contributed by atoms with Crippen LogP contribution in [0.4, 0.5) is 0 Å². The molecular formula is C16H18BrNOS. The summed E-state index contributed by atoms with van der Waals surface area (Å²) >= 11 is 5.00. The molecule has 0 aliphatic carbocycles. The third-order valence-electron chi connectivity index (χ3n) is 3.06. The van der Waals surface area contributed by atoms with Crippen LogP contribution in [-0.2, 0) is 6.54 Å². The van der Waals surface area contributed by atoms with E-state index in [4.69, 9.17) is 0 Å². The topological polar surface area (TPSA) is 20.3 Å². The third-order valence-corrected chi connectivity index (χ3v) is 5.19. The first-order valence-electron chi connectivity index (χ1n) is 6.71. The average Bonchev–Trinajstić information content (AvgIpc) is 2.78. The first-order chi connectivity index (χ1) is 9.61. The molecule has 1 aromatic carbocycles. The summed E-state index contributed by atoms with van der Waals surface area (Å²) in [7, 11) is 0. The number of aryl methyl sites for hydroxylation is 1. The van der Waals surface area contributed by atoms with Gasteiger partial charge in [0.15, 0.2) is 0 Å². The Morgan fingerprint density at radius 1 is 1.30 bits per heavy atom. The average molecular weight is 352 g/mol. The number of carbonyl (C=O) groups excluding carboxylic acids is 1. The molecule has 0 saturated carbocycles. The summed E-state index contributed by atoms with van der Waals surface area (Å²) in [5.41, 5.74) is 2.29.